The summed E-state index contributed by atoms with van der Waals surface area (Å²) in [4.78, 5) is 12.3. The van der Waals surface area contributed by atoms with Crippen molar-refractivity contribution >= 4 is 29.3 Å². The van der Waals surface area contributed by atoms with Gasteiger partial charge in [0.05, 0.1) is 5.25 Å². The largest absolute Gasteiger partial charge is 0.298 e. The van der Waals surface area contributed by atoms with Gasteiger partial charge in [-0.15, -0.1) is 11.8 Å². The Morgan fingerprint density at radius 1 is 1.39 bits per heavy atom. The zero-order chi connectivity index (χ0) is 13.1. The van der Waals surface area contributed by atoms with Gasteiger partial charge in [-0.05, 0) is 30.2 Å². The zero-order valence-corrected chi connectivity index (χ0v) is 12.2. The molecule has 4 heteroatoms. The number of rotatable bonds is 3. The third kappa shape index (κ3) is 3.29. The van der Waals surface area contributed by atoms with Crippen molar-refractivity contribution in [3.63, 3.8) is 0 Å². The molecular weight excluding hydrogens is 267 g/mol. The Hall–Kier alpha value is -0.480. The first-order valence-electron chi connectivity index (χ1n) is 6.09. The van der Waals surface area contributed by atoms with Gasteiger partial charge in [-0.25, -0.2) is 4.39 Å². The lowest BCUT2D eigenvalue weighted by atomic mass is 10.0. The fourth-order valence-corrected chi connectivity index (χ4v) is 4.87. The van der Waals surface area contributed by atoms with E-state index in [1.54, 1.807) is 17.8 Å². The molecule has 1 aliphatic rings. The first kappa shape index (κ1) is 13.9. The topological polar surface area (TPSA) is 17.1 Å². The number of carbonyl (C=O) groups excluding carboxylic acids is 1. The van der Waals surface area contributed by atoms with E-state index in [0.29, 0.717) is 11.7 Å². The van der Waals surface area contributed by atoms with Gasteiger partial charge in [-0.3, -0.25) is 4.79 Å². The Balaban J connectivity index is 2.06. The van der Waals surface area contributed by atoms with E-state index >= 15 is 0 Å². The molecule has 1 aromatic carbocycles. The van der Waals surface area contributed by atoms with Gasteiger partial charge in [0.1, 0.15) is 5.82 Å². The first-order valence-corrected chi connectivity index (χ1v) is 8.18. The molecule has 2 atom stereocenters. The molecule has 1 aromatic rings. The summed E-state index contributed by atoms with van der Waals surface area (Å²) < 4.78 is 13.0. The Kier molecular flexibility index (Phi) is 4.73. The van der Waals surface area contributed by atoms with Crippen LogP contribution in [0.15, 0.2) is 18.2 Å². The molecule has 1 nitrogen and oxygen atoms in total. The van der Waals surface area contributed by atoms with Gasteiger partial charge in [0, 0.05) is 23.2 Å². The molecule has 98 valence electrons. The van der Waals surface area contributed by atoms with Crippen LogP contribution >= 0.6 is 23.5 Å². The minimum atomic E-state index is -0.236. The van der Waals surface area contributed by atoms with E-state index in [2.05, 4.69) is 6.92 Å². The van der Waals surface area contributed by atoms with E-state index in [1.165, 1.54) is 12.1 Å². The fourth-order valence-electron chi connectivity index (χ4n) is 2.13. The van der Waals surface area contributed by atoms with E-state index in [1.807, 2.05) is 18.7 Å². The number of Topliss-reactive ketones (excluding diaryl/α,β-unsaturated/α-hetero) is 1. The molecule has 0 amide bonds. The normalized spacial score (nSPS) is 23.9. The van der Waals surface area contributed by atoms with Crippen LogP contribution in [0.2, 0.25) is 0 Å². The molecular formula is C14H17FOS2. The summed E-state index contributed by atoms with van der Waals surface area (Å²) in [5, 5.41) is 0.477. The molecule has 0 aliphatic carbocycles. The van der Waals surface area contributed by atoms with Gasteiger partial charge in [-0.2, -0.15) is 11.8 Å². The molecule has 1 heterocycles. The molecule has 2 unspecified atom stereocenters. The lowest BCUT2D eigenvalue weighted by Gasteiger charge is -2.26. The highest BCUT2D eigenvalue weighted by Gasteiger charge is 2.28. The van der Waals surface area contributed by atoms with Crippen molar-refractivity contribution in [2.24, 2.45) is 0 Å². The molecule has 2 rings (SSSR count). The quantitative estimate of drug-likeness (QED) is 0.846. The van der Waals surface area contributed by atoms with E-state index in [4.69, 9.17) is 0 Å². The van der Waals surface area contributed by atoms with Crippen LogP contribution in [-0.4, -0.2) is 27.8 Å². The maximum atomic E-state index is 13.0. The summed E-state index contributed by atoms with van der Waals surface area (Å²) in [5.74, 6) is 2.22. The molecule has 0 spiro atoms. The second-order valence-electron chi connectivity index (χ2n) is 4.58. The lowest BCUT2D eigenvalue weighted by Crippen LogP contribution is -2.32. The van der Waals surface area contributed by atoms with Crippen LogP contribution in [0.4, 0.5) is 4.39 Å². The van der Waals surface area contributed by atoms with Gasteiger partial charge in [0.25, 0.3) is 0 Å². The number of ketones is 1. The van der Waals surface area contributed by atoms with Crippen LogP contribution in [0.3, 0.4) is 0 Å². The maximum Gasteiger partial charge on any atom is 0.151 e. The fraction of sp³-hybridized carbons (Fsp3) is 0.500. The van der Waals surface area contributed by atoms with E-state index < -0.39 is 0 Å². The van der Waals surface area contributed by atoms with E-state index in [0.717, 1.165) is 22.6 Å². The molecule has 1 aliphatic heterocycles. The number of hydrogen-bond donors (Lipinski definition) is 0. The number of benzene rings is 1. The summed E-state index contributed by atoms with van der Waals surface area (Å²) in [5.41, 5.74) is 1.81. The van der Waals surface area contributed by atoms with Gasteiger partial charge >= 0.3 is 0 Å². The third-order valence-electron chi connectivity index (χ3n) is 3.17. The molecule has 0 aromatic heterocycles. The average molecular weight is 284 g/mol. The van der Waals surface area contributed by atoms with Crippen LogP contribution in [0, 0.1) is 12.7 Å². The Morgan fingerprint density at radius 3 is 2.78 bits per heavy atom. The van der Waals surface area contributed by atoms with Gasteiger partial charge < -0.3 is 0 Å². The van der Waals surface area contributed by atoms with Crippen molar-refractivity contribution in [3.8, 4) is 0 Å². The standard InChI is InChI=1S/C14H17FOS2/c1-9-7-12(15)4-3-11(9)8-13(16)14-10(2)17-5-6-18-14/h3-4,7,10,14H,5-6,8H2,1-2H3. The Bertz CT molecular complexity index is 447. The van der Waals surface area contributed by atoms with Crippen molar-refractivity contribution in [2.45, 2.75) is 30.8 Å². The van der Waals surface area contributed by atoms with Crippen LogP contribution in [0.25, 0.3) is 0 Å². The Labute approximate surface area is 116 Å². The van der Waals surface area contributed by atoms with E-state index in [9.17, 15) is 9.18 Å². The van der Waals surface area contributed by atoms with Gasteiger partial charge in [0.2, 0.25) is 0 Å². The number of hydrogen-bond acceptors (Lipinski definition) is 3. The number of carbonyl (C=O) groups is 1. The number of aryl methyl sites for hydroxylation is 1. The average Bonchev–Trinajstić information content (AvgIpc) is 2.33. The minimum Gasteiger partial charge on any atom is -0.298 e. The predicted octanol–water partition coefficient (Wildman–Crippen LogP) is 3.48. The Morgan fingerprint density at radius 2 is 2.11 bits per heavy atom. The first-order chi connectivity index (χ1) is 8.58. The minimum absolute atomic E-state index is 0.0909. The highest BCUT2D eigenvalue weighted by molar-refractivity contribution is 8.07. The summed E-state index contributed by atoms with van der Waals surface area (Å²) in [6.45, 7) is 3.98. The molecule has 0 saturated carbocycles. The molecule has 0 radical (unpaired) electrons. The summed E-state index contributed by atoms with van der Waals surface area (Å²) in [7, 11) is 0. The molecule has 0 N–H and O–H groups in total. The van der Waals surface area contributed by atoms with Gasteiger partial charge in [-0.1, -0.05) is 13.0 Å². The summed E-state index contributed by atoms with van der Waals surface area (Å²) in [6.07, 6.45) is 0.425. The van der Waals surface area contributed by atoms with Crippen LogP contribution in [0.1, 0.15) is 18.1 Å². The number of thioether (sulfide) groups is 2. The van der Waals surface area contributed by atoms with Crippen molar-refractivity contribution < 1.29 is 9.18 Å². The summed E-state index contributed by atoms with van der Waals surface area (Å²) in [6, 6.07) is 4.66. The molecule has 18 heavy (non-hydrogen) atoms. The van der Waals surface area contributed by atoms with E-state index in [-0.39, 0.29) is 16.9 Å². The van der Waals surface area contributed by atoms with Crippen LogP contribution in [-0.2, 0) is 11.2 Å². The van der Waals surface area contributed by atoms with Crippen LogP contribution in [0.5, 0.6) is 0 Å². The zero-order valence-electron chi connectivity index (χ0n) is 10.6. The van der Waals surface area contributed by atoms with Crippen molar-refractivity contribution in [1.29, 1.82) is 0 Å². The summed E-state index contributed by atoms with van der Waals surface area (Å²) >= 11 is 3.63. The molecule has 0 bridgehead atoms. The smallest absolute Gasteiger partial charge is 0.151 e. The predicted molar refractivity (Wildman–Crippen MR) is 78.0 cm³/mol. The van der Waals surface area contributed by atoms with Crippen molar-refractivity contribution in [1.82, 2.24) is 0 Å². The number of halogens is 1. The van der Waals surface area contributed by atoms with Crippen molar-refractivity contribution in [3.05, 3.63) is 35.1 Å². The maximum absolute atomic E-state index is 13.0. The van der Waals surface area contributed by atoms with Gasteiger partial charge in [0.15, 0.2) is 5.78 Å². The SMILES string of the molecule is Cc1cc(F)ccc1CC(=O)C1SCCSC1C. The highest BCUT2D eigenvalue weighted by atomic mass is 32.2. The second kappa shape index (κ2) is 6.11. The lowest BCUT2D eigenvalue weighted by molar-refractivity contribution is -0.117. The second-order valence-corrected chi connectivity index (χ2v) is 7.32. The molecule has 1 saturated heterocycles. The molecule has 1 fully saturated rings. The monoisotopic (exact) mass is 284 g/mol. The van der Waals surface area contributed by atoms with Crippen molar-refractivity contribution in [2.75, 3.05) is 11.5 Å². The van der Waals surface area contributed by atoms with Crippen LogP contribution < -0.4 is 0 Å². The highest BCUT2D eigenvalue weighted by Crippen LogP contribution is 2.32. The third-order valence-corrected chi connectivity index (χ3v) is 6.31.